The van der Waals surface area contributed by atoms with E-state index >= 15 is 0 Å². The number of ether oxygens (including phenoxy) is 3. The molecule has 0 aliphatic carbocycles. The average Bonchev–Trinajstić information content (AvgIpc) is 2.52. The molecule has 0 saturated carbocycles. The molecule has 7 nitrogen and oxygen atoms in total. The summed E-state index contributed by atoms with van der Waals surface area (Å²) in [5.74, 6) is -0.193. The molecule has 0 aromatic heterocycles. The maximum absolute atomic E-state index is 12.2. The first-order valence-corrected chi connectivity index (χ1v) is 6.92. The predicted molar refractivity (Wildman–Crippen MR) is 77.0 cm³/mol. The number of rotatable bonds is 5. The van der Waals surface area contributed by atoms with Gasteiger partial charge in [-0.15, -0.1) is 0 Å². The number of hydrogen-bond acceptors (Lipinski definition) is 5. The van der Waals surface area contributed by atoms with E-state index in [1.165, 1.54) is 4.90 Å². The van der Waals surface area contributed by atoms with E-state index < -0.39 is 12.1 Å². The maximum atomic E-state index is 12.2. The highest BCUT2D eigenvalue weighted by Gasteiger charge is 2.32. The predicted octanol–water partition coefficient (Wildman–Crippen LogP) is 0.774. The molecule has 0 bridgehead atoms. The number of methoxy groups -OCH3 is 1. The van der Waals surface area contributed by atoms with Crippen molar-refractivity contribution in [1.29, 1.82) is 0 Å². The lowest BCUT2D eigenvalue weighted by atomic mass is 10.2. The van der Waals surface area contributed by atoms with Gasteiger partial charge < -0.3 is 24.2 Å². The summed E-state index contributed by atoms with van der Waals surface area (Å²) in [5, 5.41) is 9.01. The number of hydrogen-bond donors (Lipinski definition) is 1. The largest absolute Gasteiger partial charge is 0.497 e. The highest BCUT2D eigenvalue weighted by Crippen LogP contribution is 2.19. The van der Waals surface area contributed by atoms with E-state index in [1.54, 1.807) is 38.3 Å². The molecule has 1 heterocycles. The van der Waals surface area contributed by atoms with Gasteiger partial charge in [0.05, 0.1) is 19.8 Å². The van der Waals surface area contributed by atoms with Crippen LogP contribution in [0.25, 0.3) is 0 Å². The third kappa shape index (κ3) is 4.11. The lowest BCUT2D eigenvalue weighted by Gasteiger charge is -2.34. The van der Waals surface area contributed by atoms with Crippen LogP contribution in [0.5, 0.6) is 11.5 Å². The van der Waals surface area contributed by atoms with E-state index in [4.69, 9.17) is 19.3 Å². The summed E-state index contributed by atoms with van der Waals surface area (Å²) >= 11 is 0. The molecule has 1 aliphatic heterocycles. The van der Waals surface area contributed by atoms with Crippen LogP contribution in [0.1, 0.15) is 6.92 Å². The average molecular weight is 309 g/mol. The Morgan fingerprint density at radius 2 is 2.09 bits per heavy atom. The van der Waals surface area contributed by atoms with Crippen molar-refractivity contribution in [2.24, 2.45) is 0 Å². The zero-order chi connectivity index (χ0) is 16.1. The Morgan fingerprint density at radius 3 is 2.77 bits per heavy atom. The molecule has 1 saturated heterocycles. The Balaban J connectivity index is 1.92. The van der Waals surface area contributed by atoms with Crippen LogP contribution in [0.4, 0.5) is 0 Å². The van der Waals surface area contributed by atoms with Crippen molar-refractivity contribution in [3.63, 3.8) is 0 Å². The lowest BCUT2D eigenvalue weighted by molar-refractivity contribution is -0.167. The van der Waals surface area contributed by atoms with Crippen LogP contribution in [-0.2, 0) is 14.3 Å². The van der Waals surface area contributed by atoms with Gasteiger partial charge in [0.25, 0.3) is 5.91 Å². The first kappa shape index (κ1) is 16.1. The molecule has 1 N–H and O–H groups in total. The van der Waals surface area contributed by atoms with E-state index in [2.05, 4.69) is 0 Å². The fourth-order valence-electron chi connectivity index (χ4n) is 2.22. The summed E-state index contributed by atoms with van der Waals surface area (Å²) in [4.78, 5) is 24.6. The van der Waals surface area contributed by atoms with E-state index in [9.17, 15) is 9.59 Å². The summed E-state index contributed by atoms with van der Waals surface area (Å²) in [6, 6.07) is 6.93. The van der Waals surface area contributed by atoms with Crippen LogP contribution in [0.3, 0.4) is 0 Å². The molecule has 1 aliphatic rings. The summed E-state index contributed by atoms with van der Waals surface area (Å²) < 4.78 is 15.8. The molecule has 120 valence electrons. The van der Waals surface area contributed by atoms with Gasteiger partial charge in [0.1, 0.15) is 11.5 Å². The minimum absolute atomic E-state index is 0.0278. The molecule has 1 fully saturated rings. The Labute approximate surface area is 128 Å². The van der Waals surface area contributed by atoms with Crippen LogP contribution in [0, 0.1) is 0 Å². The Bertz CT molecular complexity index is 547. The zero-order valence-corrected chi connectivity index (χ0v) is 12.5. The molecule has 1 aromatic carbocycles. The second kappa shape index (κ2) is 7.13. The second-order valence-electron chi connectivity index (χ2n) is 5.04. The van der Waals surface area contributed by atoms with Crippen molar-refractivity contribution in [3.8, 4) is 11.5 Å². The Kier molecular flexibility index (Phi) is 5.21. The SMILES string of the molecule is COc1cccc(OCC(=O)N2CC(C(=O)O)O[C@H](C)C2)c1. The van der Waals surface area contributed by atoms with Gasteiger partial charge in [-0.05, 0) is 19.1 Å². The zero-order valence-electron chi connectivity index (χ0n) is 12.5. The third-order valence-corrected chi connectivity index (χ3v) is 3.29. The summed E-state index contributed by atoms with van der Waals surface area (Å²) in [5.41, 5.74) is 0. The number of carbonyl (C=O) groups excluding carboxylic acids is 1. The molecule has 0 radical (unpaired) electrons. The van der Waals surface area contributed by atoms with Crippen LogP contribution < -0.4 is 9.47 Å². The fraction of sp³-hybridized carbons (Fsp3) is 0.467. The molecular weight excluding hydrogens is 290 g/mol. The highest BCUT2D eigenvalue weighted by atomic mass is 16.5. The van der Waals surface area contributed by atoms with Crippen LogP contribution >= 0.6 is 0 Å². The number of benzene rings is 1. The number of morpholine rings is 1. The van der Waals surface area contributed by atoms with Crippen molar-refractivity contribution in [2.45, 2.75) is 19.1 Å². The van der Waals surface area contributed by atoms with Gasteiger partial charge in [-0.25, -0.2) is 4.79 Å². The van der Waals surface area contributed by atoms with Crippen LogP contribution in [0.2, 0.25) is 0 Å². The first-order valence-electron chi connectivity index (χ1n) is 6.92. The molecule has 2 atom stereocenters. The minimum atomic E-state index is -1.07. The van der Waals surface area contributed by atoms with Gasteiger partial charge in [-0.3, -0.25) is 4.79 Å². The van der Waals surface area contributed by atoms with Gasteiger partial charge in [0, 0.05) is 12.6 Å². The number of amides is 1. The third-order valence-electron chi connectivity index (χ3n) is 3.29. The summed E-state index contributed by atoms with van der Waals surface area (Å²) in [6.07, 6.45) is -1.32. The number of carboxylic acid groups (broad SMARTS) is 1. The van der Waals surface area contributed by atoms with Gasteiger partial charge in [0.2, 0.25) is 0 Å². The molecule has 0 spiro atoms. The molecular formula is C15H19NO6. The van der Waals surface area contributed by atoms with Crippen LogP contribution in [0.15, 0.2) is 24.3 Å². The van der Waals surface area contributed by atoms with Gasteiger partial charge in [-0.1, -0.05) is 6.07 Å². The standard InChI is InChI=1S/C15H19NO6/c1-10-7-16(8-13(22-10)15(18)19)14(17)9-21-12-5-3-4-11(6-12)20-2/h3-6,10,13H,7-9H2,1-2H3,(H,18,19)/t10-,13?/m1/s1. The van der Waals surface area contributed by atoms with E-state index in [-0.39, 0.29) is 25.2 Å². The van der Waals surface area contributed by atoms with Crippen molar-refractivity contribution in [1.82, 2.24) is 4.90 Å². The van der Waals surface area contributed by atoms with Crippen molar-refractivity contribution >= 4 is 11.9 Å². The second-order valence-corrected chi connectivity index (χ2v) is 5.04. The Morgan fingerprint density at radius 1 is 1.36 bits per heavy atom. The normalized spacial score (nSPS) is 21.3. The van der Waals surface area contributed by atoms with E-state index in [0.29, 0.717) is 18.0 Å². The van der Waals surface area contributed by atoms with Crippen molar-refractivity contribution < 1.29 is 28.9 Å². The van der Waals surface area contributed by atoms with E-state index in [1.807, 2.05) is 0 Å². The van der Waals surface area contributed by atoms with Gasteiger partial charge >= 0.3 is 5.97 Å². The number of carbonyl (C=O) groups is 2. The minimum Gasteiger partial charge on any atom is -0.497 e. The maximum Gasteiger partial charge on any atom is 0.334 e. The number of carboxylic acids is 1. The molecule has 22 heavy (non-hydrogen) atoms. The lowest BCUT2D eigenvalue weighted by Crippen LogP contribution is -2.52. The molecule has 1 aromatic rings. The molecule has 7 heteroatoms. The number of nitrogens with zero attached hydrogens (tertiary/aromatic N) is 1. The van der Waals surface area contributed by atoms with Crippen molar-refractivity contribution in [2.75, 3.05) is 26.8 Å². The molecule has 2 rings (SSSR count). The highest BCUT2D eigenvalue weighted by molar-refractivity contribution is 5.80. The van der Waals surface area contributed by atoms with Gasteiger partial charge in [0.15, 0.2) is 12.7 Å². The van der Waals surface area contributed by atoms with Gasteiger partial charge in [-0.2, -0.15) is 0 Å². The molecule has 1 amide bonds. The topological polar surface area (TPSA) is 85.3 Å². The monoisotopic (exact) mass is 309 g/mol. The van der Waals surface area contributed by atoms with Crippen LogP contribution in [-0.4, -0.2) is 60.9 Å². The smallest absolute Gasteiger partial charge is 0.334 e. The molecule has 1 unspecified atom stereocenters. The van der Waals surface area contributed by atoms with Crippen molar-refractivity contribution in [3.05, 3.63) is 24.3 Å². The summed E-state index contributed by atoms with van der Waals surface area (Å²) in [6.45, 7) is 1.95. The first-order chi connectivity index (χ1) is 10.5. The quantitative estimate of drug-likeness (QED) is 0.865. The fourth-order valence-corrected chi connectivity index (χ4v) is 2.22. The Hall–Kier alpha value is -2.28. The van der Waals surface area contributed by atoms with E-state index in [0.717, 1.165) is 0 Å². The summed E-state index contributed by atoms with van der Waals surface area (Å²) in [7, 11) is 1.55. The number of aliphatic carboxylic acids is 1.